The Balaban J connectivity index is 1.21. The third kappa shape index (κ3) is 12.4. The fourth-order valence-electron chi connectivity index (χ4n) is 9.88. The van der Waals surface area contributed by atoms with Crippen molar-refractivity contribution >= 4 is 29.8 Å². The summed E-state index contributed by atoms with van der Waals surface area (Å²) >= 11 is 0. The molecular weight excluding hydrogens is 875 g/mol. The number of hydroxylamine groups is 2. The number of aliphatic hydroxyl groups excluding tert-OH is 5. The summed E-state index contributed by atoms with van der Waals surface area (Å²) in [5, 5.41) is 57.4. The average Bonchev–Trinajstić information content (AvgIpc) is 3.85. The summed E-state index contributed by atoms with van der Waals surface area (Å²) in [6, 6.07) is 5.43. The van der Waals surface area contributed by atoms with Gasteiger partial charge in [-0.3, -0.25) is 24.0 Å². The minimum absolute atomic E-state index is 0.00820. The molecule has 0 radical (unpaired) electrons. The van der Waals surface area contributed by atoms with Gasteiger partial charge in [0, 0.05) is 38.6 Å². The van der Waals surface area contributed by atoms with E-state index >= 15 is 0 Å². The highest BCUT2D eigenvalue weighted by molar-refractivity contribution is 5.94. The standard InChI is InChI=1S/C48H73N3O16/c1-6-8-12-21-47(22-13-9-7-2)65-39-32-25-48(45(60)49-23-20-34(54)50-31(27-52)18-19-35(55)64-46(3,4)5)41(43(59)62-32)51(67-42(48)40(39)66-47)26-30-16-11-10-15-29(30)17-14-24-61-44-38(58)37(57)36(56)33(28-53)63-44/h10-11,14-17,31-33,36-42,44,52-53,56-58H,6-9,12-13,18-28H2,1-5H3,(H,49,60)(H,50,54). The van der Waals surface area contributed by atoms with Gasteiger partial charge in [-0.15, -0.1) is 0 Å². The minimum atomic E-state index is -1.58. The predicted molar refractivity (Wildman–Crippen MR) is 239 cm³/mol. The highest BCUT2D eigenvalue weighted by Crippen LogP contribution is 2.58. The number of hydrogen-bond acceptors (Lipinski definition) is 17. The number of ether oxygens (including phenoxy) is 6. The third-order valence-electron chi connectivity index (χ3n) is 13.2. The van der Waals surface area contributed by atoms with Crippen molar-refractivity contribution in [2.75, 3.05) is 26.4 Å². The molecule has 5 aliphatic rings. The Kier molecular flexibility index (Phi) is 18.4. The molecule has 0 spiro atoms. The molecule has 4 heterocycles. The number of carbonyl (C=O) groups excluding carboxylic acids is 4. The highest BCUT2D eigenvalue weighted by Gasteiger charge is 2.76. The molecule has 4 aliphatic heterocycles. The number of nitrogens with one attached hydrogen (secondary N) is 2. The van der Waals surface area contributed by atoms with Crippen molar-refractivity contribution in [3.8, 4) is 0 Å². The van der Waals surface area contributed by atoms with Gasteiger partial charge in [0.15, 0.2) is 18.1 Å². The maximum atomic E-state index is 14.9. The van der Waals surface area contributed by atoms with Crippen molar-refractivity contribution in [1.82, 2.24) is 15.7 Å². The van der Waals surface area contributed by atoms with Crippen LogP contribution in [0.25, 0.3) is 6.08 Å². The van der Waals surface area contributed by atoms with Crippen LogP contribution < -0.4 is 10.6 Å². The number of esters is 2. The number of nitrogens with zero attached hydrogens (tertiary/aromatic N) is 1. The molecule has 1 aromatic rings. The van der Waals surface area contributed by atoms with Crippen molar-refractivity contribution in [1.29, 1.82) is 0 Å². The molecule has 12 unspecified atom stereocenters. The number of carbonyl (C=O) groups is 4. The molecule has 0 aromatic heterocycles. The van der Waals surface area contributed by atoms with Gasteiger partial charge in [-0.1, -0.05) is 75.9 Å². The van der Waals surface area contributed by atoms with E-state index in [1.807, 2.05) is 24.3 Å². The van der Waals surface area contributed by atoms with Gasteiger partial charge in [-0.25, -0.2) is 0 Å². The number of rotatable bonds is 24. The van der Waals surface area contributed by atoms with Gasteiger partial charge in [0.2, 0.25) is 11.8 Å². The average molecular weight is 948 g/mol. The number of amides is 2. The molecular formula is C48H73N3O16. The first-order chi connectivity index (χ1) is 32.0. The molecule has 19 heteroatoms. The van der Waals surface area contributed by atoms with Crippen LogP contribution in [0.3, 0.4) is 0 Å². The minimum Gasteiger partial charge on any atom is -0.460 e. The number of unbranched alkanes of at least 4 members (excludes halogenated alkanes) is 4. The van der Waals surface area contributed by atoms with Crippen molar-refractivity contribution < 1.29 is 78.0 Å². The number of fused-ring (bicyclic) bond motifs is 4. The molecule has 7 N–H and O–H groups in total. The molecule has 6 rings (SSSR count). The lowest BCUT2D eigenvalue weighted by Crippen LogP contribution is -2.69. The normalized spacial score (nSPS) is 31.6. The van der Waals surface area contributed by atoms with Gasteiger partial charge in [0.25, 0.3) is 0 Å². The fraction of sp³-hybridized carbons (Fsp3) is 0.750. The Bertz CT molecular complexity index is 1850. The van der Waals surface area contributed by atoms with Crippen LogP contribution in [-0.2, 0) is 59.0 Å². The lowest BCUT2D eigenvalue weighted by atomic mass is 9.62. The second-order valence-corrected chi connectivity index (χ2v) is 19.4. The van der Waals surface area contributed by atoms with E-state index in [0.29, 0.717) is 24.0 Å². The summed E-state index contributed by atoms with van der Waals surface area (Å²) in [5.74, 6) is -3.02. The van der Waals surface area contributed by atoms with Gasteiger partial charge in [0.1, 0.15) is 59.8 Å². The van der Waals surface area contributed by atoms with Crippen molar-refractivity contribution in [2.24, 2.45) is 5.41 Å². The summed E-state index contributed by atoms with van der Waals surface area (Å²) in [5.41, 5.74) is -0.754. The van der Waals surface area contributed by atoms with Gasteiger partial charge in [-0.2, -0.15) is 5.06 Å². The van der Waals surface area contributed by atoms with Crippen molar-refractivity contribution in [3.05, 3.63) is 41.5 Å². The summed E-state index contributed by atoms with van der Waals surface area (Å²) in [4.78, 5) is 61.5. The van der Waals surface area contributed by atoms with E-state index < -0.39 is 121 Å². The summed E-state index contributed by atoms with van der Waals surface area (Å²) in [6.07, 6.45) is 0.0606. The summed E-state index contributed by atoms with van der Waals surface area (Å²) in [6.45, 7) is 8.38. The zero-order valence-corrected chi connectivity index (χ0v) is 39.5. The Morgan fingerprint density at radius 2 is 1.66 bits per heavy atom. The van der Waals surface area contributed by atoms with Crippen molar-refractivity contribution in [3.63, 3.8) is 0 Å². The van der Waals surface area contributed by atoms with Crippen LogP contribution in [0, 0.1) is 5.41 Å². The largest absolute Gasteiger partial charge is 0.460 e. The van der Waals surface area contributed by atoms with E-state index in [-0.39, 0.29) is 45.4 Å². The Morgan fingerprint density at radius 1 is 0.955 bits per heavy atom. The molecule has 1 aromatic carbocycles. The smallest absolute Gasteiger partial charge is 0.327 e. The van der Waals surface area contributed by atoms with E-state index in [1.54, 1.807) is 32.9 Å². The van der Waals surface area contributed by atoms with Crippen molar-refractivity contribution in [2.45, 2.75) is 197 Å². The van der Waals surface area contributed by atoms with Crippen LogP contribution in [0.4, 0.5) is 0 Å². The van der Waals surface area contributed by atoms with Gasteiger partial charge in [-0.05, 0) is 51.2 Å². The highest BCUT2D eigenvalue weighted by atomic mass is 16.8. The maximum Gasteiger partial charge on any atom is 0.327 e. The SMILES string of the molecule is CCCCCC1(CCCCC)OC2C3CC4(C(=O)NCCC(=O)NC(CO)CCC(=O)OC(C)(C)C)C(ON(Cc5ccccc5C=CCOC5OC(CO)C(O)C(O)C5O)C4C(=O)O3)C2O1. The van der Waals surface area contributed by atoms with Crippen LogP contribution in [0.1, 0.15) is 123 Å². The zero-order valence-electron chi connectivity index (χ0n) is 39.5. The van der Waals surface area contributed by atoms with Crippen LogP contribution in [0.5, 0.6) is 0 Å². The molecule has 2 bridgehead atoms. The Labute approximate surface area is 392 Å². The zero-order chi connectivity index (χ0) is 48.5. The van der Waals surface area contributed by atoms with Crippen LogP contribution in [-0.4, -0.2) is 159 Å². The molecule has 67 heavy (non-hydrogen) atoms. The van der Waals surface area contributed by atoms with E-state index in [9.17, 15) is 44.7 Å². The Morgan fingerprint density at radius 3 is 2.33 bits per heavy atom. The topological polar surface area (TPSA) is 261 Å². The first kappa shape index (κ1) is 52.8. The Hall–Kier alpha value is -3.60. The summed E-state index contributed by atoms with van der Waals surface area (Å²) in [7, 11) is 0. The lowest BCUT2D eigenvalue weighted by Gasteiger charge is -2.48. The van der Waals surface area contributed by atoms with Crippen LogP contribution in [0.15, 0.2) is 30.3 Å². The third-order valence-corrected chi connectivity index (χ3v) is 13.2. The van der Waals surface area contributed by atoms with E-state index in [4.69, 9.17) is 33.3 Å². The number of aliphatic hydroxyl groups is 5. The summed E-state index contributed by atoms with van der Waals surface area (Å²) < 4.78 is 36.5. The monoisotopic (exact) mass is 947 g/mol. The van der Waals surface area contributed by atoms with E-state index in [1.165, 1.54) is 5.06 Å². The molecule has 19 nitrogen and oxygen atoms in total. The molecule has 5 fully saturated rings. The number of hydrogen-bond donors (Lipinski definition) is 7. The predicted octanol–water partition coefficient (Wildman–Crippen LogP) is 2.06. The maximum absolute atomic E-state index is 14.9. The first-order valence-corrected chi connectivity index (χ1v) is 24.1. The van der Waals surface area contributed by atoms with Crippen LogP contribution >= 0.6 is 0 Å². The fourth-order valence-corrected chi connectivity index (χ4v) is 9.88. The molecule has 2 amide bonds. The molecule has 1 saturated carbocycles. The number of benzene rings is 1. The van der Waals surface area contributed by atoms with Crippen LogP contribution in [0.2, 0.25) is 0 Å². The van der Waals surface area contributed by atoms with Gasteiger partial charge >= 0.3 is 11.9 Å². The first-order valence-electron chi connectivity index (χ1n) is 24.1. The molecule has 1 aliphatic carbocycles. The van der Waals surface area contributed by atoms with E-state index in [0.717, 1.165) is 38.5 Å². The molecule has 12 atom stereocenters. The molecule has 376 valence electrons. The van der Waals surface area contributed by atoms with E-state index in [2.05, 4.69) is 24.5 Å². The second kappa shape index (κ2) is 23.3. The quantitative estimate of drug-likeness (QED) is 0.0578. The van der Waals surface area contributed by atoms with Gasteiger partial charge < -0.3 is 64.6 Å². The second-order valence-electron chi connectivity index (χ2n) is 19.4. The molecule has 4 saturated heterocycles. The van der Waals surface area contributed by atoms with Gasteiger partial charge in [0.05, 0.1) is 32.4 Å². The lowest BCUT2D eigenvalue weighted by molar-refractivity contribution is -0.298.